The van der Waals surface area contributed by atoms with Gasteiger partial charge in [0, 0.05) is 25.8 Å². The summed E-state index contributed by atoms with van der Waals surface area (Å²) in [5, 5.41) is 15.5. The molecule has 0 aliphatic carbocycles. The minimum absolute atomic E-state index is 0.106. The molecule has 0 unspecified atom stereocenters. The summed E-state index contributed by atoms with van der Waals surface area (Å²) >= 11 is 0. The maximum Gasteiger partial charge on any atom is 0.364 e. The Labute approximate surface area is 122 Å². The van der Waals surface area contributed by atoms with Crippen LogP contribution in [0.15, 0.2) is 29.1 Å². The lowest BCUT2D eigenvalue weighted by molar-refractivity contribution is 0.475. The molecule has 0 amide bonds. The average Bonchev–Trinajstić information content (AvgIpc) is 2.73. The fourth-order valence-electron chi connectivity index (χ4n) is 2.72. The Morgan fingerprint density at radius 1 is 1.10 bits per heavy atom. The Morgan fingerprint density at radius 2 is 1.71 bits per heavy atom. The van der Waals surface area contributed by atoms with E-state index in [1.165, 1.54) is 4.68 Å². The van der Waals surface area contributed by atoms with E-state index in [4.69, 9.17) is 0 Å². The molecule has 0 saturated carbocycles. The third kappa shape index (κ3) is 2.46. The molecular weight excluding hydrogens is 270 g/mol. The summed E-state index contributed by atoms with van der Waals surface area (Å²) in [5.74, 6) is 0.982. The first-order valence-electron chi connectivity index (χ1n) is 6.98. The molecule has 1 aliphatic rings. The van der Waals surface area contributed by atoms with Crippen LogP contribution >= 0.6 is 0 Å². The third-order valence-electron chi connectivity index (χ3n) is 3.81. The molecule has 0 radical (unpaired) electrons. The molecule has 1 aromatic carbocycles. The summed E-state index contributed by atoms with van der Waals surface area (Å²) in [5.41, 5.74) is 0.980. The Morgan fingerprint density at radius 3 is 2.24 bits per heavy atom. The van der Waals surface area contributed by atoms with Crippen LogP contribution < -0.4 is 15.6 Å². The summed E-state index contributed by atoms with van der Waals surface area (Å²) < 4.78 is 3.01. The highest BCUT2D eigenvalue weighted by molar-refractivity contribution is 5.49. The van der Waals surface area contributed by atoms with Crippen molar-refractivity contribution in [1.82, 2.24) is 14.5 Å². The second-order valence-corrected chi connectivity index (χ2v) is 5.22. The maximum atomic E-state index is 12.1. The van der Waals surface area contributed by atoms with Gasteiger partial charge in [-0.25, -0.2) is 9.48 Å². The number of benzene rings is 1. The van der Waals surface area contributed by atoms with E-state index in [9.17, 15) is 9.90 Å². The first-order valence-corrected chi connectivity index (χ1v) is 6.98. The van der Waals surface area contributed by atoms with Crippen molar-refractivity contribution in [3.63, 3.8) is 0 Å². The van der Waals surface area contributed by atoms with Crippen LogP contribution in [-0.2, 0) is 7.05 Å². The van der Waals surface area contributed by atoms with Crippen molar-refractivity contribution in [3.05, 3.63) is 40.6 Å². The number of piperazine rings is 1. The van der Waals surface area contributed by atoms with Gasteiger partial charge >= 0.3 is 5.69 Å². The standard InChI is InChI=1S/C14H19N5O2/c1-11-15-16(2)14(21)19(11)18-9-7-17(8-10-18)12-3-5-13(20)6-4-12/h3-6,20H,7-10H2,1-2H3. The number of aromatic nitrogens is 3. The second kappa shape index (κ2) is 5.16. The van der Waals surface area contributed by atoms with E-state index < -0.39 is 0 Å². The predicted molar refractivity (Wildman–Crippen MR) is 80.5 cm³/mol. The van der Waals surface area contributed by atoms with E-state index in [0.29, 0.717) is 5.82 Å². The molecule has 1 aliphatic heterocycles. The van der Waals surface area contributed by atoms with E-state index >= 15 is 0 Å². The zero-order chi connectivity index (χ0) is 15.0. The van der Waals surface area contributed by atoms with Crippen LogP contribution in [0.25, 0.3) is 0 Å². The first kappa shape index (κ1) is 13.5. The van der Waals surface area contributed by atoms with E-state index in [2.05, 4.69) is 10.00 Å². The molecule has 0 spiro atoms. The van der Waals surface area contributed by atoms with Crippen molar-refractivity contribution < 1.29 is 5.11 Å². The fraction of sp³-hybridized carbons (Fsp3) is 0.429. The number of nitrogens with zero attached hydrogens (tertiary/aromatic N) is 5. The number of hydrogen-bond acceptors (Lipinski definition) is 5. The molecule has 1 saturated heterocycles. The van der Waals surface area contributed by atoms with Gasteiger partial charge in [0.25, 0.3) is 0 Å². The molecule has 1 N–H and O–H groups in total. The third-order valence-corrected chi connectivity index (χ3v) is 3.81. The normalized spacial score (nSPS) is 15.5. The molecular formula is C14H19N5O2. The van der Waals surface area contributed by atoms with Crippen LogP contribution in [0, 0.1) is 6.92 Å². The van der Waals surface area contributed by atoms with Crippen LogP contribution in [0.3, 0.4) is 0 Å². The van der Waals surface area contributed by atoms with Gasteiger partial charge in [0.2, 0.25) is 0 Å². The topological polar surface area (TPSA) is 66.5 Å². The molecule has 1 aromatic heterocycles. The quantitative estimate of drug-likeness (QED) is 0.846. The summed E-state index contributed by atoms with van der Waals surface area (Å²) in [6, 6.07) is 7.20. The summed E-state index contributed by atoms with van der Waals surface area (Å²) in [6.45, 7) is 5.01. The summed E-state index contributed by atoms with van der Waals surface area (Å²) in [4.78, 5) is 14.3. The molecule has 112 valence electrons. The van der Waals surface area contributed by atoms with Crippen molar-refractivity contribution in [2.45, 2.75) is 6.92 Å². The number of hydrogen-bond donors (Lipinski definition) is 1. The second-order valence-electron chi connectivity index (χ2n) is 5.22. The zero-order valence-electron chi connectivity index (χ0n) is 12.2. The molecule has 3 rings (SSSR count). The van der Waals surface area contributed by atoms with Gasteiger partial charge in [0.1, 0.15) is 5.75 Å². The minimum atomic E-state index is -0.106. The lowest BCUT2D eigenvalue weighted by Gasteiger charge is -2.37. The molecule has 7 nitrogen and oxygen atoms in total. The molecule has 2 heterocycles. The fourth-order valence-corrected chi connectivity index (χ4v) is 2.72. The van der Waals surface area contributed by atoms with Crippen LogP contribution in [0.1, 0.15) is 5.82 Å². The van der Waals surface area contributed by atoms with Crippen LogP contribution in [-0.4, -0.2) is 45.7 Å². The van der Waals surface area contributed by atoms with E-state index in [0.717, 1.165) is 31.9 Å². The Hall–Kier alpha value is -2.44. The van der Waals surface area contributed by atoms with Crippen molar-refractivity contribution in [3.8, 4) is 5.75 Å². The van der Waals surface area contributed by atoms with Gasteiger partial charge in [-0.15, -0.1) is 0 Å². The van der Waals surface area contributed by atoms with Crippen LogP contribution in [0.2, 0.25) is 0 Å². The summed E-state index contributed by atoms with van der Waals surface area (Å²) in [7, 11) is 1.67. The lowest BCUT2D eigenvalue weighted by atomic mass is 10.2. The number of rotatable bonds is 2. The van der Waals surface area contributed by atoms with E-state index in [1.807, 2.05) is 24.1 Å². The molecule has 2 aromatic rings. The molecule has 0 atom stereocenters. The zero-order valence-corrected chi connectivity index (χ0v) is 12.2. The number of aryl methyl sites for hydroxylation is 2. The van der Waals surface area contributed by atoms with Gasteiger partial charge in [-0.3, -0.25) is 0 Å². The average molecular weight is 289 g/mol. The molecule has 1 fully saturated rings. The minimum Gasteiger partial charge on any atom is -0.508 e. The Bertz CT molecular complexity index is 680. The van der Waals surface area contributed by atoms with Gasteiger partial charge in [-0.1, -0.05) is 0 Å². The predicted octanol–water partition coefficient (Wildman–Crippen LogP) is 0.0540. The van der Waals surface area contributed by atoms with Gasteiger partial charge in [-0.05, 0) is 31.2 Å². The van der Waals surface area contributed by atoms with Gasteiger partial charge in [0.15, 0.2) is 5.82 Å². The van der Waals surface area contributed by atoms with Gasteiger partial charge in [-0.2, -0.15) is 9.77 Å². The summed E-state index contributed by atoms with van der Waals surface area (Å²) in [6.07, 6.45) is 0. The number of aromatic hydroxyl groups is 1. The van der Waals surface area contributed by atoms with Crippen molar-refractivity contribution in [1.29, 1.82) is 0 Å². The van der Waals surface area contributed by atoms with Gasteiger partial charge in [0.05, 0.1) is 13.1 Å². The number of phenols is 1. The first-order chi connectivity index (χ1) is 10.1. The van der Waals surface area contributed by atoms with E-state index in [-0.39, 0.29) is 11.4 Å². The van der Waals surface area contributed by atoms with Crippen molar-refractivity contribution in [2.75, 3.05) is 36.1 Å². The van der Waals surface area contributed by atoms with Crippen molar-refractivity contribution in [2.24, 2.45) is 7.05 Å². The van der Waals surface area contributed by atoms with Crippen LogP contribution in [0.4, 0.5) is 5.69 Å². The van der Waals surface area contributed by atoms with Crippen molar-refractivity contribution >= 4 is 5.69 Å². The molecule has 21 heavy (non-hydrogen) atoms. The number of anilines is 1. The largest absolute Gasteiger partial charge is 0.508 e. The highest BCUT2D eigenvalue weighted by Crippen LogP contribution is 2.19. The molecule has 0 bridgehead atoms. The highest BCUT2D eigenvalue weighted by Gasteiger charge is 2.21. The maximum absolute atomic E-state index is 12.1. The monoisotopic (exact) mass is 289 g/mol. The smallest absolute Gasteiger partial charge is 0.364 e. The number of phenolic OH excluding ortho intramolecular Hbond substituents is 1. The molecule has 7 heteroatoms. The van der Waals surface area contributed by atoms with E-state index in [1.54, 1.807) is 23.9 Å². The highest BCUT2D eigenvalue weighted by atomic mass is 16.3. The Kier molecular flexibility index (Phi) is 3.32. The Balaban J connectivity index is 1.73. The van der Waals surface area contributed by atoms with Crippen LogP contribution in [0.5, 0.6) is 5.75 Å². The van der Waals surface area contributed by atoms with Gasteiger partial charge < -0.3 is 15.0 Å². The SMILES string of the molecule is Cc1nn(C)c(=O)n1N1CCN(c2ccc(O)cc2)CC1. The lowest BCUT2D eigenvalue weighted by Crippen LogP contribution is -2.54.